The first kappa shape index (κ1) is 14.2. The van der Waals surface area contributed by atoms with Gasteiger partial charge in [-0.15, -0.1) is 0 Å². The van der Waals surface area contributed by atoms with Gasteiger partial charge in [-0.1, -0.05) is 25.0 Å². The Bertz CT molecular complexity index is 364. The van der Waals surface area contributed by atoms with Gasteiger partial charge in [-0.05, 0) is 44.4 Å². The predicted octanol–water partition coefficient (Wildman–Crippen LogP) is 3.39. The van der Waals surface area contributed by atoms with Crippen molar-refractivity contribution < 1.29 is 9.47 Å². The first-order valence-electron chi connectivity index (χ1n) is 7.39. The lowest BCUT2D eigenvalue weighted by Gasteiger charge is -2.10. The monoisotopic (exact) mass is 263 g/mol. The second-order valence-corrected chi connectivity index (χ2v) is 5.14. The summed E-state index contributed by atoms with van der Waals surface area (Å²) in [6.07, 6.45) is 7.68. The Labute approximate surface area is 116 Å². The van der Waals surface area contributed by atoms with Gasteiger partial charge in [-0.2, -0.15) is 0 Å². The van der Waals surface area contributed by atoms with Crippen LogP contribution in [0.4, 0.5) is 0 Å². The zero-order chi connectivity index (χ0) is 13.3. The quantitative estimate of drug-likeness (QED) is 0.656. The number of hydrogen-bond donors (Lipinski definition) is 1. The molecule has 0 saturated heterocycles. The van der Waals surface area contributed by atoms with Crippen molar-refractivity contribution in [2.75, 3.05) is 20.3 Å². The number of rotatable bonds is 10. The van der Waals surface area contributed by atoms with Crippen molar-refractivity contribution in [3.63, 3.8) is 0 Å². The summed E-state index contributed by atoms with van der Waals surface area (Å²) in [7, 11) is 1.68. The van der Waals surface area contributed by atoms with Gasteiger partial charge in [0.2, 0.25) is 0 Å². The molecule has 1 aliphatic rings. The van der Waals surface area contributed by atoms with Gasteiger partial charge in [0, 0.05) is 6.04 Å². The molecule has 0 atom stereocenters. The third-order valence-corrected chi connectivity index (χ3v) is 3.41. The Morgan fingerprint density at radius 2 is 1.79 bits per heavy atom. The first-order chi connectivity index (χ1) is 9.40. The highest BCUT2D eigenvalue weighted by Crippen LogP contribution is 2.25. The molecule has 2 rings (SSSR count). The highest BCUT2D eigenvalue weighted by molar-refractivity contribution is 5.39. The average Bonchev–Trinajstić information content (AvgIpc) is 3.26. The van der Waals surface area contributed by atoms with Crippen LogP contribution in [-0.4, -0.2) is 26.3 Å². The minimum atomic E-state index is 0.774. The van der Waals surface area contributed by atoms with E-state index in [0.717, 1.165) is 30.6 Å². The van der Waals surface area contributed by atoms with Gasteiger partial charge in [-0.3, -0.25) is 0 Å². The van der Waals surface area contributed by atoms with Gasteiger partial charge < -0.3 is 14.8 Å². The van der Waals surface area contributed by atoms with Crippen molar-refractivity contribution >= 4 is 0 Å². The second kappa shape index (κ2) is 8.05. The molecule has 0 heterocycles. The van der Waals surface area contributed by atoms with Crippen LogP contribution in [0.3, 0.4) is 0 Å². The van der Waals surface area contributed by atoms with Gasteiger partial charge in [0.15, 0.2) is 11.5 Å². The molecule has 0 spiro atoms. The number of ether oxygens (including phenoxy) is 2. The fraction of sp³-hybridized carbons (Fsp3) is 0.625. The highest BCUT2D eigenvalue weighted by atomic mass is 16.5. The summed E-state index contributed by atoms with van der Waals surface area (Å²) in [6, 6.07) is 8.66. The summed E-state index contributed by atoms with van der Waals surface area (Å²) in [6.45, 7) is 1.95. The van der Waals surface area contributed by atoms with Gasteiger partial charge >= 0.3 is 0 Å². The average molecular weight is 263 g/mol. The third kappa shape index (κ3) is 5.52. The van der Waals surface area contributed by atoms with E-state index < -0.39 is 0 Å². The zero-order valence-corrected chi connectivity index (χ0v) is 11.9. The summed E-state index contributed by atoms with van der Waals surface area (Å²) in [5, 5.41) is 3.54. The number of nitrogens with one attached hydrogen (secondary N) is 1. The number of hydrogen-bond acceptors (Lipinski definition) is 3. The topological polar surface area (TPSA) is 30.5 Å². The number of methoxy groups -OCH3 is 1. The largest absolute Gasteiger partial charge is 0.493 e. The van der Waals surface area contributed by atoms with Gasteiger partial charge in [0.25, 0.3) is 0 Å². The van der Waals surface area contributed by atoms with Gasteiger partial charge in [-0.25, -0.2) is 0 Å². The molecule has 0 aliphatic heterocycles. The maximum atomic E-state index is 5.74. The van der Waals surface area contributed by atoms with Crippen LogP contribution < -0.4 is 14.8 Å². The van der Waals surface area contributed by atoms with E-state index in [-0.39, 0.29) is 0 Å². The van der Waals surface area contributed by atoms with Crippen LogP contribution in [0.2, 0.25) is 0 Å². The molecular weight excluding hydrogens is 238 g/mol. The van der Waals surface area contributed by atoms with Crippen molar-refractivity contribution in [1.29, 1.82) is 0 Å². The summed E-state index contributed by atoms with van der Waals surface area (Å²) >= 11 is 0. The lowest BCUT2D eigenvalue weighted by atomic mass is 10.2. The Morgan fingerprint density at radius 1 is 1.05 bits per heavy atom. The SMILES string of the molecule is COc1ccccc1OCCCCCCNC1CC1. The predicted molar refractivity (Wildman–Crippen MR) is 78.0 cm³/mol. The Kier molecular flexibility index (Phi) is 6.02. The van der Waals surface area contributed by atoms with E-state index in [1.807, 2.05) is 24.3 Å². The van der Waals surface area contributed by atoms with Crippen LogP contribution in [0, 0.1) is 0 Å². The molecule has 1 fully saturated rings. The molecule has 0 amide bonds. The highest BCUT2D eigenvalue weighted by Gasteiger charge is 2.19. The maximum Gasteiger partial charge on any atom is 0.161 e. The maximum absolute atomic E-state index is 5.74. The first-order valence-corrected chi connectivity index (χ1v) is 7.39. The number of unbranched alkanes of at least 4 members (excludes halogenated alkanes) is 3. The molecule has 0 aromatic heterocycles. The minimum Gasteiger partial charge on any atom is -0.493 e. The Balaban J connectivity index is 1.48. The van der Waals surface area contributed by atoms with E-state index in [1.54, 1.807) is 7.11 Å². The fourth-order valence-electron chi connectivity index (χ4n) is 2.09. The van der Waals surface area contributed by atoms with Crippen LogP contribution in [0.25, 0.3) is 0 Å². The molecule has 106 valence electrons. The normalized spacial score (nSPS) is 14.4. The summed E-state index contributed by atoms with van der Waals surface area (Å²) < 4.78 is 11.0. The Morgan fingerprint density at radius 3 is 2.53 bits per heavy atom. The van der Waals surface area contributed by atoms with E-state index in [1.165, 1.54) is 38.6 Å². The third-order valence-electron chi connectivity index (χ3n) is 3.41. The molecule has 19 heavy (non-hydrogen) atoms. The molecule has 0 unspecified atom stereocenters. The standard InChI is InChI=1S/C16H25NO2/c1-18-15-8-4-5-9-16(15)19-13-7-3-2-6-12-17-14-10-11-14/h4-5,8-9,14,17H,2-3,6-7,10-13H2,1H3. The van der Waals surface area contributed by atoms with Crippen LogP contribution in [-0.2, 0) is 0 Å². The van der Waals surface area contributed by atoms with Crippen molar-refractivity contribution in [3.05, 3.63) is 24.3 Å². The van der Waals surface area contributed by atoms with E-state index >= 15 is 0 Å². The molecule has 1 aromatic carbocycles. The molecule has 0 bridgehead atoms. The molecule has 3 heteroatoms. The van der Waals surface area contributed by atoms with Gasteiger partial charge in [0.05, 0.1) is 13.7 Å². The Hall–Kier alpha value is -1.22. The van der Waals surface area contributed by atoms with Crippen LogP contribution in [0.5, 0.6) is 11.5 Å². The van der Waals surface area contributed by atoms with E-state index in [2.05, 4.69) is 5.32 Å². The summed E-state index contributed by atoms with van der Waals surface area (Å²) in [4.78, 5) is 0. The van der Waals surface area contributed by atoms with Crippen molar-refractivity contribution in [3.8, 4) is 11.5 Å². The number of benzene rings is 1. The lowest BCUT2D eigenvalue weighted by molar-refractivity contribution is 0.285. The zero-order valence-electron chi connectivity index (χ0n) is 11.9. The molecule has 1 aliphatic carbocycles. The van der Waals surface area contributed by atoms with E-state index in [9.17, 15) is 0 Å². The minimum absolute atomic E-state index is 0.774. The van der Waals surface area contributed by atoms with Crippen LogP contribution in [0.1, 0.15) is 38.5 Å². The smallest absolute Gasteiger partial charge is 0.161 e. The summed E-state index contributed by atoms with van der Waals surface area (Å²) in [5.74, 6) is 1.66. The van der Waals surface area contributed by atoms with Crippen molar-refractivity contribution in [2.24, 2.45) is 0 Å². The molecule has 0 radical (unpaired) electrons. The molecule has 3 nitrogen and oxygen atoms in total. The van der Waals surface area contributed by atoms with E-state index in [4.69, 9.17) is 9.47 Å². The van der Waals surface area contributed by atoms with Crippen molar-refractivity contribution in [2.45, 2.75) is 44.6 Å². The van der Waals surface area contributed by atoms with Crippen LogP contribution in [0.15, 0.2) is 24.3 Å². The van der Waals surface area contributed by atoms with Crippen LogP contribution >= 0.6 is 0 Å². The summed E-state index contributed by atoms with van der Waals surface area (Å²) in [5.41, 5.74) is 0. The molecular formula is C16H25NO2. The fourth-order valence-corrected chi connectivity index (χ4v) is 2.09. The molecule has 1 N–H and O–H groups in total. The molecule has 1 aromatic rings. The molecule has 1 saturated carbocycles. The van der Waals surface area contributed by atoms with Crippen molar-refractivity contribution in [1.82, 2.24) is 5.32 Å². The van der Waals surface area contributed by atoms with E-state index in [0.29, 0.717) is 0 Å². The lowest BCUT2D eigenvalue weighted by Crippen LogP contribution is -2.17. The second-order valence-electron chi connectivity index (χ2n) is 5.14. The number of para-hydroxylation sites is 2. The van der Waals surface area contributed by atoms with Gasteiger partial charge in [0.1, 0.15) is 0 Å².